The van der Waals surface area contributed by atoms with E-state index in [0.717, 1.165) is 23.4 Å². The average molecular weight is 221 g/mol. The van der Waals surface area contributed by atoms with E-state index in [1.807, 2.05) is 0 Å². The summed E-state index contributed by atoms with van der Waals surface area (Å²) in [6.07, 6.45) is 4.19. The van der Waals surface area contributed by atoms with Crippen molar-refractivity contribution in [3.8, 4) is 0 Å². The molecule has 1 fully saturated rings. The second-order valence-corrected chi connectivity index (χ2v) is 8.23. The second-order valence-electron chi connectivity index (χ2n) is 4.92. The summed E-state index contributed by atoms with van der Waals surface area (Å²) in [6.45, 7) is 9.31. The first-order valence-corrected chi connectivity index (χ1v) is 8.17. The van der Waals surface area contributed by atoms with E-state index in [1.165, 1.54) is 19.3 Å². The first-order valence-electron chi connectivity index (χ1n) is 5.41. The molecule has 1 rings (SSSR count). The third-order valence-corrected chi connectivity index (χ3v) is 5.70. The van der Waals surface area contributed by atoms with Crippen molar-refractivity contribution in [2.45, 2.75) is 45.7 Å². The van der Waals surface area contributed by atoms with Crippen LogP contribution in [0.4, 0.5) is 0 Å². The van der Waals surface area contributed by atoms with Gasteiger partial charge in [0, 0.05) is 0 Å². The lowest BCUT2D eigenvalue weighted by Gasteiger charge is -2.38. The molecule has 0 aromatic carbocycles. The predicted molar refractivity (Wildman–Crippen MR) is 63.8 cm³/mol. The van der Waals surface area contributed by atoms with E-state index in [9.17, 15) is 0 Å². The van der Waals surface area contributed by atoms with Crippen LogP contribution in [0.15, 0.2) is 0 Å². The molecule has 0 amide bonds. The molecule has 0 bridgehead atoms. The molecule has 4 atom stereocenters. The summed E-state index contributed by atoms with van der Waals surface area (Å²) < 4.78 is 0. The number of hydrogen-bond acceptors (Lipinski definition) is 0. The second kappa shape index (κ2) is 4.99. The minimum Gasteiger partial charge on any atom is -0.0964 e. The SMILES string of the molecule is CC1CCC(C(C)C)C(P(C)Cl)C1. The van der Waals surface area contributed by atoms with Crippen molar-refractivity contribution in [2.24, 2.45) is 17.8 Å². The lowest BCUT2D eigenvalue weighted by atomic mass is 9.77. The lowest BCUT2D eigenvalue weighted by Crippen LogP contribution is -2.29. The summed E-state index contributed by atoms with van der Waals surface area (Å²) >= 11 is 6.33. The minimum absolute atomic E-state index is 0.245. The van der Waals surface area contributed by atoms with Gasteiger partial charge in [0.1, 0.15) is 0 Å². The maximum Gasteiger partial charge on any atom is -0.00397 e. The molecule has 0 aromatic heterocycles. The fourth-order valence-corrected chi connectivity index (χ4v) is 4.91. The van der Waals surface area contributed by atoms with Crippen LogP contribution in [0.25, 0.3) is 0 Å². The van der Waals surface area contributed by atoms with E-state index in [-0.39, 0.29) is 7.27 Å². The highest BCUT2D eigenvalue weighted by Crippen LogP contribution is 2.53. The van der Waals surface area contributed by atoms with Crippen LogP contribution in [-0.2, 0) is 0 Å². The number of hydrogen-bond donors (Lipinski definition) is 0. The minimum atomic E-state index is -0.245. The maximum atomic E-state index is 6.33. The molecule has 0 aromatic rings. The lowest BCUT2D eigenvalue weighted by molar-refractivity contribution is 0.242. The standard InChI is InChI=1S/C11H22ClP/c1-8(2)10-6-5-9(3)7-11(10)13(4)12/h8-11H,5-7H2,1-4H3. The summed E-state index contributed by atoms with van der Waals surface area (Å²) in [4.78, 5) is 0. The van der Waals surface area contributed by atoms with Crippen molar-refractivity contribution < 1.29 is 0 Å². The molecule has 0 spiro atoms. The van der Waals surface area contributed by atoms with Gasteiger partial charge in [0.25, 0.3) is 0 Å². The van der Waals surface area contributed by atoms with Gasteiger partial charge in [-0.3, -0.25) is 0 Å². The zero-order valence-electron chi connectivity index (χ0n) is 9.26. The Morgan fingerprint density at radius 1 is 1.31 bits per heavy atom. The van der Waals surface area contributed by atoms with Crippen molar-refractivity contribution in [3.63, 3.8) is 0 Å². The summed E-state index contributed by atoms with van der Waals surface area (Å²) in [5, 5.41) is 0. The van der Waals surface area contributed by atoms with Crippen molar-refractivity contribution in [3.05, 3.63) is 0 Å². The molecular weight excluding hydrogens is 199 g/mol. The van der Waals surface area contributed by atoms with Gasteiger partial charge in [-0.25, -0.2) is 0 Å². The van der Waals surface area contributed by atoms with Gasteiger partial charge < -0.3 is 0 Å². The van der Waals surface area contributed by atoms with Gasteiger partial charge in [-0.1, -0.05) is 38.4 Å². The van der Waals surface area contributed by atoms with Crippen LogP contribution >= 0.6 is 18.5 Å². The van der Waals surface area contributed by atoms with Gasteiger partial charge in [-0.2, -0.15) is 0 Å². The summed E-state index contributed by atoms with van der Waals surface area (Å²) in [7, 11) is -0.245. The van der Waals surface area contributed by atoms with Gasteiger partial charge in [0.2, 0.25) is 0 Å². The van der Waals surface area contributed by atoms with E-state index >= 15 is 0 Å². The molecule has 0 nitrogen and oxygen atoms in total. The van der Waals surface area contributed by atoms with E-state index in [0.29, 0.717) is 0 Å². The summed E-state index contributed by atoms with van der Waals surface area (Å²) in [5.74, 6) is 2.62. The molecule has 78 valence electrons. The Bertz CT molecular complexity index is 156. The molecule has 1 aliphatic rings. The number of halogens is 1. The van der Waals surface area contributed by atoms with Crippen LogP contribution in [0.3, 0.4) is 0 Å². The third-order valence-electron chi connectivity index (χ3n) is 3.44. The molecule has 0 saturated heterocycles. The molecule has 0 heterocycles. The first kappa shape index (κ1) is 11.8. The molecule has 0 radical (unpaired) electrons. The third kappa shape index (κ3) is 3.10. The largest absolute Gasteiger partial charge is 0.0964 e. The molecule has 13 heavy (non-hydrogen) atoms. The van der Waals surface area contributed by atoms with Gasteiger partial charge >= 0.3 is 0 Å². The Labute approximate surface area is 89.0 Å². The normalized spacial score (nSPS) is 37.8. The van der Waals surface area contributed by atoms with Crippen LogP contribution in [0.2, 0.25) is 0 Å². The van der Waals surface area contributed by atoms with Gasteiger partial charge in [-0.05, 0) is 50.2 Å². The Hall–Kier alpha value is 0.720. The zero-order chi connectivity index (χ0) is 10.0. The van der Waals surface area contributed by atoms with E-state index < -0.39 is 0 Å². The first-order chi connectivity index (χ1) is 6.02. The quantitative estimate of drug-likeness (QED) is 0.591. The highest BCUT2D eigenvalue weighted by atomic mass is 35.7. The molecule has 4 unspecified atom stereocenters. The molecule has 1 saturated carbocycles. The van der Waals surface area contributed by atoms with Gasteiger partial charge in [0.05, 0.1) is 0 Å². The topological polar surface area (TPSA) is 0 Å². The molecule has 0 aliphatic heterocycles. The van der Waals surface area contributed by atoms with E-state index in [1.54, 1.807) is 0 Å². The summed E-state index contributed by atoms with van der Waals surface area (Å²) in [6, 6.07) is 0. The fraction of sp³-hybridized carbons (Fsp3) is 1.00. The number of rotatable bonds is 2. The monoisotopic (exact) mass is 220 g/mol. The smallest absolute Gasteiger partial charge is 0.00397 e. The van der Waals surface area contributed by atoms with Crippen LogP contribution < -0.4 is 0 Å². The van der Waals surface area contributed by atoms with Gasteiger partial charge in [0.15, 0.2) is 0 Å². The Balaban J connectivity index is 2.60. The van der Waals surface area contributed by atoms with Crippen molar-refractivity contribution in [2.75, 3.05) is 6.66 Å². The zero-order valence-corrected chi connectivity index (χ0v) is 10.9. The van der Waals surface area contributed by atoms with Crippen LogP contribution in [0.1, 0.15) is 40.0 Å². The van der Waals surface area contributed by atoms with Crippen LogP contribution in [0, 0.1) is 17.8 Å². The molecule has 2 heteroatoms. The molecule has 0 N–H and O–H groups in total. The predicted octanol–water partition coefficient (Wildman–Crippen LogP) is 4.71. The van der Waals surface area contributed by atoms with E-state index in [2.05, 4.69) is 27.4 Å². The Morgan fingerprint density at radius 3 is 2.38 bits per heavy atom. The highest BCUT2D eigenvalue weighted by Gasteiger charge is 2.33. The summed E-state index contributed by atoms with van der Waals surface area (Å²) in [5.41, 5.74) is 0.820. The van der Waals surface area contributed by atoms with Crippen molar-refractivity contribution >= 4 is 18.5 Å². The fourth-order valence-electron chi connectivity index (χ4n) is 2.56. The Morgan fingerprint density at radius 2 is 1.92 bits per heavy atom. The van der Waals surface area contributed by atoms with Crippen molar-refractivity contribution in [1.29, 1.82) is 0 Å². The van der Waals surface area contributed by atoms with E-state index in [4.69, 9.17) is 11.2 Å². The van der Waals surface area contributed by atoms with Crippen molar-refractivity contribution in [1.82, 2.24) is 0 Å². The average Bonchev–Trinajstić information content (AvgIpc) is 2.03. The Kier molecular flexibility index (Phi) is 4.52. The molecular formula is C11H22ClP. The molecule has 1 aliphatic carbocycles. The maximum absolute atomic E-state index is 6.33. The van der Waals surface area contributed by atoms with Gasteiger partial charge in [-0.15, -0.1) is 0 Å². The van der Waals surface area contributed by atoms with Crippen LogP contribution in [-0.4, -0.2) is 12.3 Å². The van der Waals surface area contributed by atoms with Crippen LogP contribution in [0.5, 0.6) is 0 Å². The highest BCUT2D eigenvalue weighted by molar-refractivity contribution is 7.83.